The molecule has 2 aromatic rings. The molecule has 0 bridgehead atoms. The second-order valence-electron chi connectivity index (χ2n) is 7.96. The van der Waals surface area contributed by atoms with Gasteiger partial charge in [0.25, 0.3) is 23.6 Å². The molecule has 2 aromatic carbocycles. The van der Waals surface area contributed by atoms with E-state index in [0.717, 1.165) is 21.9 Å². The van der Waals surface area contributed by atoms with Gasteiger partial charge >= 0.3 is 5.97 Å². The first kappa shape index (κ1) is 23.0. The topological polar surface area (TPSA) is 101 Å². The Morgan fingerprint density at radius 1 is 1.00 bits per heavy atom. The molecule has 4 rings (SSSR count). The van der Waals surface area contributed by atoms with Crippen LogP contribution in [0.1, 0.15) is 60.7 Å². The van der Waals surface area contributed by atoms with Gasteiger partial charge in [-0.1, -0.05) is 6.08 Å². The van der Waals surface area contributed by atoms with Crippen molar-refractivity contribution >= 4 is 29.6 Å². The lowest BCUT2D eigenvalue weighted by atomic mass is 10.1. The highest BCUT2D eigenvalue weighted by atomic mass is 19.1. The first-order chi connectivity index (χ1) is 16.3. The van der Waals surface area contributed by atoms with E-state index in [2.05, 4.69) is 6.58 Å². The van der Waals surface area contributed by atoms with Crippen LogP contribution in [0.5, 0.6) is 0 Å². The third kappa shape index (κ3) is 4.24. The molecule has 2 heterocycles. The quantitative estimate of drug-likeness (QED) is 0.383. The summed E-state index contributed by atoms with van der Waals surface area (Å²) in [4.78, 5) is 65.5. The number of rotatable bonds is 5. The largest absolute Gasteiger partial charge is 0.449 e. The van der Waals surface area contributed by atoms with E-state index in [0.29, 0.717) is 12.8 Å². The van der Waals surface area contributed by atoms with Crippen molar-refractivity contribution < 1.29 is 33.1 Å². The Morgan fingerprint density at radius 3 is 2.38 bits per heavy atom. The number of likely N-dealkylation sites (tertiary alicyclic amines) is 1. The Labute approximate surface area is 194 Å². The summed E-state index contributed by atoms with van der Waals surface area (Å²) in [6.07, 6.45) is 1.54. The van der Waals surface area contributed by atoms with Crippen LogP contribution < -0.4 is 0 Å². The van der Waals surface area contributed by atoms with Gasteiger partial charge in [0.1, 0.15) is 5.82 Å². The zero-order valence-electron chi connectivity index (χ0n) is 18.2. The third-order valence-electron chi connectivity index (χ3n) is 5.74. The third-order valence-corrected chi connectivity index (χ3v) is 5.74. The number of fused-ring (bicyclic) bond motifs is 1. The highest BCUT2D eigenvalue weighted by Gasteiger charge is 2.37. The molecular formula is C25H21FN2O6. The normalized spacial score (nSPS) is 17.9. The lowest BCUT2D eigenvalue weighted by molar-refractivity contribution is -0.137. The Morgan fingerprint density at radius 2 is 1.68 bits per heavy atom. The van der Waals surface area contributed by atoms with Crippen LogP contribution in [0.15, 0.2) is 55.1 Å². The van der Waals surface area contributed by atoms with Crippen LogP contribution in [0.3, 0.4) is 0 Å². The lowest BCUT2D eigenvalue weighted by Gasteiger charge is -2.22. The Balaban J connectivity index is 1.51. The monoisotopic (exact) mass is 464 g/mol. The molecule has 34 heavy (non-hydrogen) atoms. The van der Waals surface area contributed by atoms with Gasteiger partial charge in [-0.05, 0) is 61.7 Å². The van der Waals surface area contributed by atoms with Gasteiger partial charge in [0.05, 0.1) is 16.7 Å². The Bertz CT molecular complexity index is 1210. The predicted molar refractivity (Wildman–Crippen MR) is 118 cm³/mol. The minimum Gasteiger partial charge on any atom is -0.449 e. The molecular weight excluding hydrogens is 443 g/mol. The fraction of sp³-hybridized carbons (Fsp3) is 0.240. The smallest absolute Gasteiger partial charge is 0.338 e. The molecule has 2 aliphatic heterocycles. The molecule has 1 atom stereocenters. The van der Waals surface area contributed by atoms with Crippen LogP contribution in [0, 0.1) is 5.82 Å². The molecule has 174 valence electrons. The average Bonchev–Trinajstić information content (AvgIpc) is 2.95. The van der Waals surface area contributed by atoms with Crippen molar-refractivity contribution in [1.29, 1.82) is 0 Å². The number of imide groups is 2. The average molecular weight is 464 g/mol. The Kier molecular flexibility index (Phi) is 6.36. The lowest BCUT2D eigenvalue weighted by Crippen LogP contribution is -2.43. The number of carbonyl (C=O) groups is 5. The van der Waals surface area contributed by atoms with E-state index in [1.54, 1.807) is 0 Å². The number of amides is 4. The second kappa shape index (κ2) is 9.38. The maximum Gasteiger partial charge on any atom is 0.338 e. The molecule has 1 fully saturated rings. The van der Waals surface area contributed by atoms with Crippen molar-refractivity contribution in [3.63, 3.8) is 0 Å². The minimum absolute atomic E-state index is 0.00816. The number of nitrogens with zero attached hydrogens (tertiary/aromatic N) is 2. The van der Waals surface area contributed by atoms with Crippen molar-refractivity contribution in [2.24, 2.45) is 0 Å². The summed E-state index contributed by atoms with van der Waals surface area (Å²) in [7, 11) is 0. The van der Waals surface area contributed by atoms with E-state index in [-0.39, 0.29) is 41.8 Å². The van der Waals surface area contributed by atoms with Crippen molar-refractivity contribution in [3.05, 3.63) is 83.2 Å². The van der Waals surface area contributed by atoms with Gasteiger partial charge in [0.2, 0.25) is 0 Å². The van der Waals surface area contributed by atoms with Gasteiger partial charge in [-0.3, -0.25) is 29.0 Å². The number of hydrogen-bond donors (Lipinski definition) is 0. The van der Waals surface area contributed by atoms with Gasteiger partial charge in [-0.2, -0.15) is 0 Å². The summed E-state index contributed by atoms with van der Waals surface area (Å²) in [5.74, 6) is -3.64. The molecule has 1 saturated heterocycles. The van der Waals surface area contributed by atoms with E-state index in [4.69, 9.17) is 4.74 Å². The number of hydrogen-bond acceptors (Lipinski definition) is 6. The number of ether oxygens (including phenoxy) is 1. The first-order valence-corrected chi connectivity index (χ1v) is 10.7. The van der Waals surface area contributed by atoms with Gasteiger partial charge < -0.3 is 4.74 Å². The number of esters is 1. The van der Waals surface area contributed by atoms with E-state index in [1.165, 1.54) is 36.4 Å². The molecule has 0 unspecified atom stereocenters. The van der Waals surface area contributed by atoms with Gasteiger partial charge in [-0.25, -0.2) is 9.18 Å². The zero-order chi connectivity index (χ0) is 24.4. The number of benzene rings is 2. The molecule has 4 amide bonds. The minimum atomic E-state index is -1.19. The van der Waals surface area contributed by atoms with E-state index < -0.39 is 41.5 Å². The van der Waals surface area contributed by atoms with Crippen LogP contribution in [0.4, 0.5) is 4.39 Å². The molecule has 0 spiro atoms. The maximum absolute atomic E-state index is 13.2. The van der Waals surface area contributed by atoms with Gasteiger partial charge in [0.15, 0.2) is 6.10 Å². The van der Waals surface area contributed by atoms with Crippen LogP contribution in [0.2, 0.25) is 0 Å². The summed E-state index contributed by atoms with van der Waals surface area (Å²) in [5, 5.41) is 0. The summed E-state index contributed by atoms with van der Waals surface area (Å²) < 4.78 is 18.6. The molecule has 9 heteroatoms. The van der Waals surface area contributed by atoms with Gasteiger partial charge in [-0.15, -0.1) is 6.58 Å². The summed E-state index contributed by atoms with van der Waals surface area (Å²) in [6, 6.07) is 8.82. The molecule has 2 aliphatic rings. The fourth-order valence-electron chi connectivity index (χ4n) is 3.98. The zero-order valence-corrected chi connectivity index (χ0v) is 18.2. The summed E-state index contributed by atoms with van der Waals surface area (Å²) in [5.41, 5.74) is 0.396. The Hall–Kier alpha value is -4.14. The fourth-order valence-corrected chi connectivity index (χ4v) is 3.98. The number of halogens is 1. The standard InChI is InChI=1S/C25H21FN2O6/c1-2-12-27-22(30)18-11-8-16(14-19(18)23(27)31)25(33)34-20-5-3-4-13-28(24(20)32)21(29)15-6-9-17(26)10-7-15/h2,6-11,14,20H,1,3-5,12-13H2/t20-/m1/s1. The first-order valence-electron chi connectivity index (χ1n) is 10.7. The molecule has 0 aromatic heterocycles. The molecule has 0 radical (unpaired) electrons. The molecule has 0 aliphatic carbocycles. The van der Waals surface area contributed by atoms with Crippen molar-refractivity contribution in [1.82, 2.24) is 9.80 Å². The SMILES string of the molecule is C=CCN1C(=O)c2ccc(C(=O)O[C@@H]3CCCCN(C(=O)c4ccc(F)cc4)C3=O)cc2C1=O. The molecule has 0 saturated carbocycles. The van der Waals surface area contributed by atoms with Gasteiger partial charge in [0, 0.05) is 18.7 Å². The summed E-state index contributed by atoms with van der Waals surface area (Å²) in [6.45, 7) is 3.72. The maximum atomic E-state index is 13.2. The van der Waals surface area contributed by atoms with E-state index in [1.807, 2.05) is 0 Å². The van der Waals surface area contributed by atoms with Crippen molar-refractivity contribution in [2.75, 3.05) is 13.1 Å². The van der Waals surface area contributed by atoms with Crippen LogP contribution in [-0.4, -0.2) is 58.6 Å². The number of carbonyl (C=O) groups excluding carboxylic acids is 5. The molecule has 8 nitrogen and oxygen atoms in total. The van der Waals surface area contributed by atoms with E-state index >= 15 is 0 Å². The van der Waals surface area contributed by atoms with Crippen molar-refractivity contribution in [3.8, 4) is 0 Å². The highest BCUT2D eigenvalue weighted by Crippen LogP contribution is 2.25. The highest BCUT2D eigenvalue weighted by molar-refractivity contribution is 6.22. The second-order valence-corrected chi connectivity index (χ2v) is 7.96. The predicted octanol–water partition coefficient (Wildman–Crippen LogP) is 2.99. The van der Waals surface area contributed by atoms with Crippen molar-refractivity contribution in [2.45, 2.75) is 25.4 Å². The summed E-state index contributed by atoms with van der Waals surface area (Å²) >= 11 is 0. The van der Waals surface area contributed by atoms with Crippen LogP contribution in [-0.2, 0) is 9.53 Å². The molecule has 0 N–H and O–H groups in total. The van der Waals surface area contributed by atoms with Crippen LogP contribution >= 0.6 is 0 Å². The van der Waals surface area contributed by atoms with E-state index in [9.17, 15) is 28.4 Å². The van der Waals surface area contributed by atoms with Crippen LogP contribution in [0.25, 0.3) is 0 Å².